The number of nitrogens with zero attached hydrogens (tertiary/aromatic N) is 4. The molecule has 38 heavy (non-hydrogen) atoms. The van der Waals surface area contributed by atoms with Crippen LogP contribution in [0.25, 0.3) is 22.2 Å². The van der Waals surface area contributed by atoms with Crippen LogP contribution in [0.1, 0.15) is 19.8 Å². The van der Waals surface area contributed by atoms with Crippen molar-refractivity contribution < 1.29 is 19.0 Å². The molecule has 0 unspecified atom stereocenters. The first-order valence-corrected chi connectivity index (χ1v) is 21.0. The van der Waals surface area contributed by atoms with Crippen LogP contribution in [-0.2, 0) is 21.0 Å². The van der Waals surface area contributed by atoms with Crippen LogP contribution >= 0.6 is 0 Å². The molecule has 0 spiro atoms. The Hall–Kier alpha value is -2.54. The van der Waals surface area contributed by atoms with Gasteiger partial charge in [-0.1, -0.05) is 52.3 Å². The van der Waals surface area contributed by atoms with Gasteiger partial charge >= 0.3 is 0 Å². The molecule has 0 atom stereocenters. The Labute approximate surface area is 228 Å². The van der Waals surface area contributed by atoms with Crippen molar-refractivity contribution in [1.82, 2.24) is 14.8 Å². The van der Waals surface area contributed by atoms with Gasteiger partial charge in [-0.2, -0.15) is 5.10 Å². The summed E-state index contributed by atoms with van der Waals surface area (Å²) < 4.78 is 19.5. The molecule has 3 aromatic rings. The smallest absolute Gasteiger partial charge is 0.232 e. The van der Waals surface area contributed by atoms with E-state index in [2.05, 4.69) is 45.3 Å². The number of aromatic nitrogens is 3. The maximum Gasteiger partial charge on any atom is 0.232 e. The average Bonchev–Trinajstić information content (AvgIpc) is 3.19. The lowest BCUT2D eigenvalue weighted by atomic mass is 10.0. The molecule has 10 heteroatoms. The highest BCUT2D eigenvalue weighted by atomic mass is 28.3. The van der Waals surface area contributed by atoms with E-state index in [4.69, 9.17) is 24.3 Å². The summed E-state index contributed by atoms with van der Waals surface area (Å²) in [4.78, 5) is 20.0. The Bertz CT molecular complexity index is 1280. The largest absolute Gasteiger partial charge is 0.451 e. The lowest BCUT2D eigenvalue weighted by Gasteiger charge is -2.25. The quantitative estimate of drug-likeness (QED) is 0.130. The minimum absolute atomic E-state index is 0.00690. The minimum atomic E-state index is -1.19. The van der Waals surface area contributed by atoms with E-state index in [1.165, 1.54) is 0 Å². The molecule has 4 heterocycles. The van der Waals surface area contributed by atoms with Crippen molar-refractivity contribution >= 4 is 44.5 Å². The fraction of sp³-hybridized carbons (Fsp3) is 0.536. The number of carbonyl (C=O) groups excluding carboxylic acids is 1. The number of hydrogen-bond donors (Lipinski definition) is 0. The van der Waals surface area contributed by atoms with E-state index in [0.29, 0.717) is 49.4 Å². The van der Waals surface area contributed by atoms with Gasteiger partial charge in [-0.25, -0.2) is 9.67 Å². The van der Waals surface area contributed by atoms with E-state index < -0.39 is 16.1 Å². The Kier molecular flexibility index (Phi) is 8.76. The third kappa shape index (κ3) is 6.91. The molecule has 0 fully saturated rings. The summed E-state index contributed by atoms with van der Waals surface area (Å²) in [7, 11) is -2.35. The van der Waals surface area contributed by atoms with Crippen molar-refractivity contribution in [3.05, 3.63) is 30.3 Å². The number of hydrogen-bond acceptors (Lipinski definition) is 6. The maximum absolute atomic E-state index is 13.4. The second-order valence-corrected chi connectivity index (χ2v) is 23.6. The van der Waals surface area contributed by atoms with Crippen LogP contribution < -0.4 is 9.64 Å². The van der Waals surface area contributed by atoms with Crippen LogP contribution in [0.5, 0.6) is 5.88 Å². The molecule has 5 rings (SSSR count). The van der Waals surface area contributed by atoms with E-state index >= 15 is 0 Å². The van der Waals surface area contributed by atoms with Crippen molar-refractivity contribution in [3.8, 4) is 17.1 Å². The first kappa shape index (κ1) is 28.5. The van der Waals surface area contributed by atoms with Gasteiger partial charge in [-0.3, -0.25) is 9.69 Å². The third-order valence-corrected chi connectivity index (χ3v) is 9.92. The van der Waals surface area contributed by atoms with E-state index in [1.807, 2.05) is 29.8 Å². The van der Waals surface area contributed by atoms with Gasteiger partial charge in [-0.05, 0) is 36.7 Å². The molecule has 0 N–H and O–H groups in total. The highest BCUT2D eigenvalue weighted by molar-refractivity contribution is 6.76. The molecule has 0 radical (unpaired) electrons. The summed E-state index contributed by atoms with van der Waals surface area (Å²) in [6.07, 6.45) is 1.16. The zero-order valence-electron chi connectivity index (χ0n) is 24.0. The predicted octanol–water partition coefficient (Wildman–Crippen LogP) is 6.88. The third-order valence-electron chi connectivity index (χ3n) is 6.52. The van der Waals surface area contributed by atoms with Crippen molar-refractivity contribution in [2.75, 3.05) is 24.9 Å². The van der Waals surface area contributed by atoms with Crippen LogP contribution in [0.15, 0.2) is 30.3 Å². The molecule has 1 amide bonds. The molecule has 2 aromatic heterocycles. The van der Waals surface area contributed by atoms with Gasteiger partial charge in [0, 0.05) is 52.8 Å². The second-order valence-electron chi connectivity index (χ2n) is 12.4. The number of anilines is 2. The summed E-state index contributed by atoms with van der Waals surface area (Å²) in [6.45, 7) is 17.9. The number of benzene rings is 1. The Morgan fingerprint density at radius 2 is 1.66 bits per heavy atom. The van der Waals surface area contributed by atoms with Crippen molar-refractivity contribution in [1.29, 1.82) is 0 Å². The SMILES string of the molecule is CCCC(=O)N1c2ccc(OCOCC[Si](C)(C)C)nc2-c2ccc3c1nn(COCC[Si](C)(C)C)c3c2. The summed E-state index contributed by atoms with van der Waals surface area (Å²) >= 11 is 0. The van der Waals surface area contributed by atoms with Crippen LogP contribution in [0.3, 0.4) is 0 Å². The molecule has 0 aliphatic carbocycles. The lowest BCUT2D eigenvalue weighted by Crippen LogP contribution is -2.27. The van der Waals surface area contributed by atoms with Gasteiger partial charge in [-0.15, -0.1) is 0 Å². The molecule has 2 aliphatic rings. The average molecular weight is 555 g/mol. The summed E-state index contributed by atoms with van der Waals surface area (Å²) in [6, 6.07) is 12.0. The van der Waals surface area contributed by atoms with Crippen molar-refractivity contribution in [3.63, 3.8) is 0 Å². The fourth-order valence-corrected chi connectivity index (χ4v) is 5.75. The summed E-state index contributed by atoms with van der Waals surface area (Å²) in [5, 5.41) is 5.80. The predicted molar refractivity (Wildman–Crippen MR) is 159 cm³/mol. The Morgan fingerprint density at radius 1 is 0.947 bits per heavy atom. The standard InChI is InChI=1S/C28H42N4O4Si2/c1-8-9-26(33)32-23-12-13-25(36-20-35-15-17-38(5,6)7)29-27(23)21-10-11-22-24(18-21)31(30-28(22)32)19-34-14-16-37(2,3)4/h10-13,18H,8-9,14-17,19-20H2,1-7H3. The monoisotopic (exact) mass is 554 g/mol. The first-order valence-electron chi connectivity index (χ1n) is 13.6. The van der Waals surface area contributed by atoms with Crippen LogP contribution in [0.4, 0.5) is 11.5 Å². The van der Waals surface area contributed by atoms with E-state index in [9.17, 15) is 4.79 Å². The number of amides is 1. The van der Waals surface area contributed by atoms with Gasteiger partial charge in [0.15, 0.2) is 12.6 Å². The molecule has 1 aromatic carbocycles. The summed E-state index contributed by atoms with van der Waals surface area (Å²) in [5.74, 6) is 1.08. The second kappa shape index (κ2) is 11.7. The molecule has 4 bridgehead atoms. The zero-order chi connectivity index (χ0) is 27.5. The number of fused-ring (bicyclic) bond motifs is 1. The van der Waals surface area contributed by atoms with Gasteiger partial charge in [0.2, 0.25) is 11.8 Å². The number of ether oxygens (including phenoxy) is 3. The normalized spacial score (nSPS) is 13.2. The topological polar surface area (TPSA) is 78.7 Å². The molecular formula is C28H42N4O4Si2. The minimum Gasteiger partial charge on any atom is -0.451 e. The fourth-order valence-electron chi connectivity index (χ4n) is 4.24. The van der Waals surface area contributed by atoms with Gasteiger partial charge in [0.1, 0.15) is 6.73 Å². The van der Waals surface area contributed by atoms with Crippen LogP contribution in [-0.4, -0.2) is 56.8 Å². The molecule has 0 saturated heterocycles. The number of carbonyl (C=O) groups is 1. The molecule has 0 saturated carbocycles. The zero-order valence-corrected chi connectivity index (χ0v) is 26.0. The summed E-state index contributed by atoms with van der Waals surface area (Å²) in [5.41, 5.74) is 3.23. The van der Waals surface area contributed by atoms with E-state index in [1.54, 1.807) is 11.0 Å². The van der Waals surface area contributed by atoms with Crippen molar-refractivity contribution in [2.45, 2.75) is 77.9 Å². The van der Waals surface area contributed by atoms with E-state index in [-0.39, 0.29) is 12.7 Å². The van der Waals surface area contributed by atoms with E-state index in [0.717, 1.165) is 35.0 Å². The Morgan fingerprint density at radius 3 is 2.34 bits per heavy atom. The highest BCUT2D eigenvalue weighted by Crippen LogP contribution is 2.42. The van der Waals surface area contributed by atoms with Gasteiger partial charge in [0.05, 0.1) is 16.9 Å². The highest BCUT2D eigenvalue weighted by Gasteiger charge is 2.30. The molecule has 206 valence electrons. The van der Waals surface area contributed by atoms with Gasteiger partial charge < -0.3 is 14.2 Å². The molecule has 8 nitrogen and oxygen atoms in total. The maximum atomic E-state index is 13.4. The van der Waals surface area contributed by atoms with Crippen LogP contribution in [0.2, 0.25) is 51.4 Å². The number of rotatable bonds is 13. The van der Waals surface area contributed by atoms with Crippen molar-refractivity contribution in [2.24, 2.45) is 0 Å². The van der Waals surface area contributed by atoms with Gasteiger partial charge in [0.25, 0.3) is 0 Å². The first-order chi connectivity index (χ1) is 18.0. The lowest BCUT2D eigenvalue weighted by molar-refractivity contribution is -0.117. The molecular weight excluding hydrogens is 513 g/mol. The van der Waals surface area contributed by atoms with Crippen LogP contribution in [0, 0.1) is 0 Å². The Balaban J connectivity index is 1.63. The molecule has 2 aliphatic heterocycles. The number of pyridine rings is 1.